The van der Waals surface area contributed by atoms with E-state index >= 15 is 0 Å². The molecule has 0 spiro atoms. The average Bonchev–Trinajstić information content (AvgIpc) is 3.17. The molecule has 0 aromatic heterocycles. The van der Waals surface area contributed by atoms with Crippen LogP contribution in [0.15, 0.2) is 36.4 Å². The highest BCUT2D eigenvalue weighted by molar-refractivity contribution is 6.34. The van der Waals surface area contributed by atoms with Crippen molar-refractivity contribution in [2.24, 2.45) is 0 Å². The van der Waals surface area contributed by atoms with Gasteiger partial charge in [-0.05, 0) is 61.3 Å². The summed E-state index contributed by atoms with van der Waals surface area (Å²) in [6.07, 6.45) is 5.15. The molecule has 4 heteroatoms. The molecule has 1 heterocycles. The second-order valence-corrected chi connectivity index (χ2v) is 8.01. The summed E-state index contributed by atoms with van der Waals surface area (Å²) in [4.78, 5) is 2.32. The van der Waals surface area contributed by atoms with Crippen molar-refractivity contribution >= 4 is 11.6 Å². The monoisotopic (exact) mass is 387 g/mol. The quantitative estimate of drug-likeness (QED) is 0.589. The number of aryl methyl sites for hydroxylation is 1. The largest absolute Gasteiger partial charge is 0.492 e. The molecule has 1 saturated heterocycles. The van der Waals surface area contributed by atoms with E-state index in [1.807, 2.05) is 12.1 Å². The first-order valence-corrected chi connectivity index (χ1v) is 10.5. The van der Waals surface area contributed by atoms with E-state index in [0.717, 1.165) is 50.2 Å². The zero-order chi connectivity index (χ0) is 18.6. The number of benzene rings is 2. The van der Waals surface area contributed by atoms with Gasteiger partial charge in [0.05, 0.1) is 11.6 Å². The molecule has 27 heavy (non-hydrogen) atoms. The van der Waals surface area contributed by atoms with Crippen LogP contribution in [0.4, 0.5) is 4.39 Å². The van der Waals surface area contributed by atoms with Gasteiger partial charge in [0.25, 0.3) is 0 Å². The van der Waals surface area contributed by atoms with Gasteiger partial charge >= 0.3 is 0 Å². The second kappa shape index (κ2) is 8.62. The van der Waals surface area contributed by atoms with Crippen LogP contribution in [0.1, 0.15) is 36.8 Å². The Morgan fingerprint density at radius 1 is 1.04 bits per heavy atom. The molecule has 0 bridgehead atoms. The Morgan fingerprint density at radius 3 is 2.67 bits per heavy atom. The first-order valence-electron chi connectivity index (χ1n) is 10.1. The van der Waals surface area contributed by atoms with Gasteiger partial charge in [-0.25, -0.2) is 4.39 Å². The van der Waals surface area contributed by atoms with Crippen LogP contribution in [0.2, 0.25) is 5.02 Å². The molecule has 2 aromatic carbocycles. The number of hydrogen-bond donors (Lipinski definition) is 0. The van der Waals surface area contributed by atoms with Crippen molar-refractivity contribution in [2.45, 2.75) is 44.7 Å². The Morgan fingerprint density at radius 2 is 1.81 bits per heavy atom. The third-order valence-corrected chi connectivity index (χ3v) is 6.18. The number of hydrogen-bond acceptors (Lipinski definition) is 2. The molecule has 0 N–H and O–H groups in total. The molecule has 0 amide bonds. The maximum atomic E-state index is 13.2. The highest BCUT2D eigenvalue weighted by Crippen LogP contribution is 2.39. The summed E-state index contributed by atoms with van der Waals surface area (Å²) in [6.45, 7) is 3.30. The maximum Gasteiger partial charge on any atom is 0.138 e. The SMILES string of the molecule is FC1CCN(CCCOc2cccc(-c3cccc4c3CCC4)c2Cl)CC1. The molecule has 2 nitrogen and oxygen atoms in total. The summed E-state index contributed by atoms with van der Waals surface area (Å²) in [6, 6.07) is 12.6. The minimum Gasteiger partial charge on any atom is -0.492 e. The second-order valence-electron chi connectivity index (χ2n) is 7.63. The van der Waals surface area contributed by atoms with Gasteiger partial charge in [0, 0.05) is 25.2 Å². The van der Waals surface area contributed by atoms with Crippen LogP contribution in [0.25, 0.3) is 11.1 Å². The number of likely N-dealkylation sites (tertiary alicyclic amines) is 1. The van der Waals surface area contributed by atoms with Crippen molar-refractivity contribution < 1.29 is 9.13 Å². The number of ether oxygens (including phenoxy) is 1. The molecule has 1 aliphatic carbocycles. The molecule has 0 saturated carbocycles. The molecule has 4 rings (SSSR count). The van der Waals surface area contributed by atoms with Crippen LogP contribution < -0.4 is 4.74 Å². The molecule has 0 radical (unpaired) electrons. The Kier molecular flexibility index (Phi) is 5.99. The number of halogens is 2. The van der Waals surface area contributed by atoms with E-state index in [2.05, 4.69) is 29.2 Å². The molecule has 2 aromatic rings. The van der Waals surface area contributed by atoms with E-state index in [4.69, 9.17) is 16.3 Å². The Balaban J connectivity index is 1.39. The van der Waals surface area contributed by atoms with Crippen molar-refractivity contribution in [1.29, 1.82) is 0 Å². The normalized spacial score (nSPS) is 17.9. The zero-order valence-corrected chi connectivity index (χ0v) is 16.5. The predicted molar refractivity (Wildman–Crippen MR) is 110 cm³/mol. The molecule has 2 aliphatic rings. The number of alkyl halides is 1. The molecule has 0 unspecified atom stereocenters. The van der Waals surface area contributed by atoms with Crippen molar-refractivity contribution in [1.82, 2.24) is 4.90 Å². The highest BCUT2D eigenvalue weighted by Gasteiger charge is 2.19. The van der Waals surface area contributed by atoms with Crippen LogP contribution in [-0.2, 0) is 12.8 Å². The summed E-state index contributed by atoms with van der Waals surface area (Å²) >= 11 is 6.71. The molecular formula is C23H27ClFNO. The summed E-state index contributed by atoms with van der Waals surface area (Å²) in [5, 5.41) is 0.705. The Hall–Kier alpha value is -1.58. The maximum absolute atomic E-state index is 13.2. The Bertz CT molecular complexity index is 786. The predicted octanol–water partition coefficient (Wildman–Crippen LogP) is 5.70. The van der Waals surface area contributed by atoms with E-state index in [9.17, 15) is 4.39 Å². The summed E-state index contributed by atoms with van der Waals surface area (Å²) in [5.41, 5.74) is 5.20. The average molecular weight is 388 g/mol. The molecule has 1 aliphatic heterocycles. The topological polar surface area (TPSA) is 12.5 Å². The van der Waals surface area contributed by atoms with Crippen LogP contribution in [0.5, 0.6) is 5.75 Å². The summed E-state index contributed by atoms with van der Waals surface area (Å²) < 4.78 is 19.2. The van der Waals surface area contributed by atoms with Crippen molar-refractivity contribution in [3.63, 3.8) is 0 Å². The van der Waals surface area contributed by atoms with E-state index in [1.165, 1.54) is 23.1 Å². The van der Waals surface area contributed by atoms with Crippen molar-refractivity contribution in [3.05, 3.63) is 52.5 Å². The lowest BCUT2D eigenvalue weighted by Crippen LogP contribution is -2.35. The molecule has 144 valence electrons. The van der Waals surface area contributed by atoms with E-state index in [1.54, 1.807) is 0 Å². The van der Waals surface area contributed by atoms with Gasteiger partial charge in [-0.15, -0.1) is 0 Å². The lowest BCUT2D eigenvalue weighted by molar-refractivity contribution is 0.143. The number of fused-ring (bicyclic) bond motifs is 1. The lowest BCUT2D eigenvalue weighted by atomic mass is 9.97. The van der Waals surface area contributed by atoms with E-state index in [0.29, 0.717) is 24.5 Å². The van der Waals surface area contributed by atoms with Crippen LogP contribution in [-0.4, -0.2) is 37.3 Å². The Labute approximate surface area is 166 Å². The van der Waals surface area contributed by atoms with Gasteiger partial charge in [-0.1, -0.05) is 41.9 Å². The third kappa shape index (κ3) is 4.30. The summed E-state index contributed by atoms with van der Waals surface area (Å²) in [7, 11) is 0. The minimum atomic E-state index is -0.613. The fraction of sp³-hybridized carbons (Fsp3) is 0.478. The lowest BCUT2D eigenvalue weighted by Gasteiger charge is -2.28. The van der Waals surface area contributed by atoms with Gasteiger partial charge < -0.3 is 9.64 Å². The zero-order valence-electron chi connectivity index (χ0n) is 15.7. The highest BCUT2D eigenvalue weighted by atomic mass is 35.5. The minimum absolute atomic E-state index is 0.613. The first kappa shape index (κ1) is 18.8. The van der Waals surface area contributed by atoms with Gasteiger partial charge in [0.1, 0.15) is 11.9 Å². The van der Waals surface area contributed by atoms with Gasteiger partial charge in [-0.3, -0.25) is 0 Å². The van der Waals surface area contributed by atoms with E-state index in [-0.39, 0.29) is 0 Å². The molecule has 0 atom stereocenters. The first-order chi connectivity index (χ1) is 13.2. The third-order valence-electron chi connectivity index (χ3n) is 5.79. The fourth-order valence-corrected chi connectivity index (χ4v) is 4.58. The van der Waals surface area contributed by atoms with E-state index < -0.39 is 6.17 Å². The van der Waals surface area contributed by atoms with Gasteiger partial charge in [-0.2, -0.15) is 0 Å². The van der Waals surface area contributed by atoms with Gasteiger partial charge in [0.2, 0.25) is 0 Å². The van der Waals surface area contributed by atoms with Crippen LogP contribution in [0, 0.1) is 0 Å². The molecular weight excluding hydrogens is 361 g/mol. The number of nitrogens with zero attached hydrogens (tertiary/aromatic N) is 1. The molecule has 1 fully saturated rings. The fourth-order valence-electron chi connectivity index (χ4n) is 4.30. The number of piperidine rings is 1. The van der Waals surface area contributed by atoms with Crippen LogP contribution in [0.3, 0.4) is 0 Å². The van der Waals surface area contributed by atoms with Crippen molar-refractivity contribution in [3.8, 4) is 16.9 Å². The number of rotatable bonds is 6. The smallest absolute Gasteiger partial charge is 0.138 e. The standard InChI is InChI=1S/C23H27ClFNO/c24-23-21(20-8-2-6-17-5-1-7-19(17)20)9-3-10-22(23)27-16-4-13-26-14-11-18(25)12-15-26/h2-3,6,8-10,18H,1,4-5,7,11-16H2. The summed E-state index contributed by atoms with van der Waals surface area (Å²) in [5.74, 6) is 0.757. The van der Waals surface area contributed by atoms with Crippen LogP contribution >= 0.6 is 11.6 Å². The van der Waals surface area contributed by atoms with Crippen molar-refractivity contribution in [2.75, 3.05) is 26.2 Å². The van der Waals surface area contributed by atoms with Gasteiger partial charge in [0.15, 0.2) is 0 Å².